The van der Waals surface area contributed by atoms with Crippen molar-refractivity contribution in [2.45, 2.75) is 92.9 Å². The van der Waals surface area contributed by atoms with Gasteiger partial charge in [-0.1, -0.05) is 89.1 Å². The Morgan fingerprint density at radius 1 is 0.481 bits per heavy atom. The van der Waals surface area contributed by atoms with Gasteiger partial charge in [0.15, 0.2) is 0 Å². The van der Waals surface area contributed by atoms with E-state index in [4.69, 9.17) is 9.97 Å². The van der Waals surface area contributed by atoms with Crippen LogP contribution in [-0.2, 0) is 12.8 Å². The van der Waals surface area contributed by atoms with Crippen molar-refractivity contribution in [2.75, 3.05) is 0 Å². The van der Waals surface area contributed by atoms with Crippen molar-refractivity contribution < 1.29 is 0 Å². The largest absolute Gasteiger partial charge is 0.355 e. The van der Waals surface area contributed by atoms with Crippen molar-refractivity contribution in [3.05, 3.63) is 107 Å². The average Bonchev–Trinajstić information content (AvgIpc) is 3.86. The van der Waals surface area contributed by atoms with Gasteiger partial charge in [-0.2, -0.15) is 0 Å². The number of nitrogens with one attached hydrogen (secondary N) is 2. The van der Waals surface area contributed by atoms with Crippen LogP contribution in [0.3, 0.4) is 0 Å². The van der Waals surface area contributed by atoms with Crippen molar-refractivity contribution in [3.8, 4) is 0 Å². The number of fused-ring (bicyclic) bond motifs is 13. The summed E-state index contributed by atoms with van der Waals surface area (Å²) >= 11 is 0. The Bertz CT molecular complexity index is 2610. The van der Waals surface area contributed by atoms with Gasteiger partial charge in [0.05, 0.1) is 22.8 Å². The highest BCUT2D eigenvalue weighted by Crippen LogP contribution is 2.45. The van der Waals surface area contributed by atoms with E-state index < -0.39 is 0 Å². The molecule has 0 saturated carbocycles. The van der Waals surface area contributed by atoms with Crippen LogP contribution in [0, 0.1) is 0 Å². The van der Waals surface area contributed by atoms with Crippen molar-refractivity contribution >= 4 is 87.4 Å². The number of aromatic amines is 2. The summed E-state index contributed by atoms with van der Waals surface area (Å²) in [4.78, 5) is 18.8. The summed E-state index contributed by atoms with van der Waals surface area (Å²) in [5, 5.41) is 10.3. The molecule has 0 spiro atoms. The van der Waals surface area contributed by atoms with Crippen LogP contribution in [0.15, 0.2) is 72.8 Å². The molecular weight excluding hydrogens is 633 g/mol. The van der Waals surface area contributed by atoms with E-state index in [-0.39, 0.29) is 0 Å². The number of allylic oxidation sites excluding steroid dienone is 4. The minimum absolute atomic E-state index is 0.964. The molecule has 0 fully saturated rings. The van der Waals surface area contributed by atoms with Crippen LogP contribution in [0.5, 0.6) is 0 Å². The van der Waals surface area contributed by atoms with E-state index >= 15 is 0 Å². The van der Waals surface area contributed by atoms with Gasteiger partial charge < -0.3 is 9.97 Å². The molecule has 2 aliphatic rings. The van der Waals surface area contributed by atoms with Crippen LogP contribution in [0.1, 0.15) is 114 Å². The van der Waals surface area contributed by atoms with E-state index in [0.717, 1.165) is 85.2 Å². The normalized spacial score (nSPS) is 13.7. The Morgan fingerprint density at radius 3 is 1.33 bits per heavy atom. The third kappa shape index (κ3) is 4.94. The standard InChI is InChI=1S/C48H48N4/c1-7-11-17-33-27(5)37-23-39-31(9-3)32(10-4)40(51-39)24-38-28(6)34(18-12-8-2)42(50-38)26-44-48-36-20-14-16-30-22-21-29-15-13-19-35(45(29)46(30)36)47(48)43(52-44)25-41(33)49-37/h13-16,19-26,51-52H,7-12,17-18H2,1-6H3. The third-order valence-corrected chi connectivity index (χ3v) is 11.9. The number of hydrogen-bond donors (Lipinski definition) is 2. The molecule has 0 unspecified atom stereocenters. The van der Waals surface area contributed by atoms with Crippen LogP contribution in [0.2, 0.25) is 0 Å². The second-order valence-electron chi connectivity index (χ2n) is 14.9. The quantitative estimate of drug-likeness (QED) is 0.157. The molecule has 2 N–H and O–H groups in total. The van der Waals surface area contributed by atoms with E-state index in [1.165, 1.54) is 87.5 Å². The number of unbranched alkanes of at least 4 members (excludes halogenated alkanes) is 2. The number of hydrogen-bond acceptors (Lipinski definition) is 2. The summed E-state index contributed by atoms with van der Waals surface area (Å²) in [6.07, 6.45) is 8.52. The molecular formula is C48H48N4. The molecule has 2 aliphatic heterocycles. The number of aromatic nitrogens is 4. The highest BCUT2D eigenvalue weighted by atomic mass is 14.8. The first-order valence-corrected chi connectivity index (χ1v) is 19.6. The van der Waals surface area contributed by atoms with Gasteiger partial charge in [0.2, 0.25) is 0 Å². The van der Waals surface area contributed by atoms with Gasteiger partial charge in [-0.05, 0) is 142 Å². The Balaban J connectivity index is 1.52. The number of rotatable bonds is 8. The summed E-state index contributed by atoms with van der Waals surface area (Å²) in [7, 11) is 0. The predicted octanol–water partition coefficient (Wildman–Crippen LogP) is 13.7. The molecule has 0 radical (unpaired) electrons. The third-order valence-electron chi connectivity index (χ3n) is 11.9. The van der Waals surface area contributed by atoms with Crippen LogP contribution < -0.4 is 0 Å². The first-order valence-electron chi connectivity index (χ1n) is 19.6. The Hall–Kier alpha value is -5.22. The maximum atomic E-state index is 5.46. The number of H-pyrrole nitrogens is 2. The first-order chi connectivity index (χ1) is 25.4. The van der Waals surface area contributed by atoms with Gasteiger partial charge >= 0.3 is 0 Å². The van der Waals surface area contributed by atoms with Crippen molar-refractivity contribution in [2.24, 2.45) is 0 Å². The van der Waals surface area contributed by atoms with Gasteiger partial charge in [0.1, 0.15) is 0 Å². The van der Waals surface area contributed by atoms with Crippen molar-refractivity contribution in [1.82, 2.24) is 19.9 Å². The topological polar surface area (TPSA) is 57.4 Å². The molecule has 7 aromatic rings. The minimum Gasteiger partial charge on any atom is -0.355 e. The molecule has 0 aliphatic carbocycles. The zero-order valence-corrected chi connectivity index (χ0v) is 31.5. The van der Waals surface area contributed by atoms with E-state index in [2.05, 4.69) is 124 Å². The van der Waals surface area contributed by atoms with Crippen LogP contribution in [0.25, 0.3) is 87.4 Å². The van der Waals surface area contributed by atoms with Gasteiger partial charge in [-0.25, -0.2) is 9.97 Å². The average molecular weight is 681 g/mol. The fraction of sp³-hybridized carbons (Fsp3) is 0.292. The van der Waals surface area contributed by atoms with E-state index in [9.17, 15) is 0 Å². The van der Waals surface area contributed by atoms with Crippen LogP contribution in [0.4, 0.5) is 0 Å². The number of benzene rings is 4. The van der Waals surface area contributed by atoms with Gasteiger partial charge in [0, 0.05) is 32.8 Å². The van der Waals surface area contributed by atoms with Crippen LogP contribution >= 0.6 is 0 Å². The first kappa shape index (κ1) is 32.7. The van der Waals surface area contributed by atoms with Gasteiger partial charge in [-0.3, -0.25) is 0 Å². The Morgan fingerprint density at radius 2 is 0.904 bits per heavy atom. The molecule has 0 saturated heterocycles. The van der Waals surface area contributed by atoms with Crippen molar-refractivity contribution in [3.63, 3.8) is 0 Å². The number of nitrogens with zero attached hydrogens (tertiary/aromatic N) is 2. The highest BCUT2D eigenvalue weighted by Gasteiger charge is 2.22. The van der Waals surface area contributed by atoms with Gasteiger partial charge in [0.25, 0.3) is 0 Å². The highest BCUT2D eigenvalue weighted by molar-refractivity contribution is 6.38. The Labute approximate surface area is 306 Å². The summed E-state index contributed by atoms with van der Waals surface area (Å²) in [6, 6.07) is 27.5. The molecule has 5 heterocycles. The fourth-order valence-corrected chi connectivity index (χ4v) is 9.22. The summed E-state index contributed by atoms with van der Waals surface area (Å²) in [5.41, 5.74) is 16.9. The molecule has 0 atom stereocenters. The number of aryl methyl sites for hydroxylation is 2. The minimum atomic E-state index is 0.964. The molecule has 3 aromatic heterocycles. The second-order valence-corrected chi connectivity index (χ2v) is 14.9. The van der Waals surface area contributed by atoms with Gasteiger partial charge in [-0.15, -0.1) is 0 Å². The molecule has 4 aromatic carbocycles. The molecule has 8 bridgehead atoms. The zero-order valence-electron chi connectivity index (χ0n) is 31.5. The molecule has 4 nitrogen and oxygen atoms in total. The second kappa shape index (κ2) is 12.8. The lowest BCUT2D eigenvalue weighted by Gasteiger charge is -2.13. The lowest BCUT2D eigenvalue weighted by Crippen LogP contribution is -1.86. The summed E-state index contributed by atoms with van der Waals surface area (Å²) in [6.45, 7) is 13.7. The van der Waals surface area contributed by atoms with Crippen molar-refractivity contribution in [1.29, 1.82) is 0 Å². The zero-order chi connectivity index (χ0) is 35.7. The lowest BCUT2D eigenvalue weighted by atomic mass is 9.90. The van der Waals surface area contributed by atoms with Crippen LogP contribution in [-0.4, -0.2) is 19.9 Å². The predicted molar refractivity (Wildman–Crippen MR) is 225 cm³/mol. The maximum absolute atomic E-state index is 5.46. The fourth-order valence-electron chi connectivity index (χ4n) is 9.22. The summed E-state index contributed by atoms with van der Waals surface area (Å²) < 4.78 is 0. The monoisotopic (exact) mass is 680 g/mol. The van der Waals surface area contributed by atoms with E-state index in [1.807, 2.05) is 0 Å². The SMILES string of the molecule is CCCCC1=C(C)c2cc3[nH]c(cc4nc(cc5[nH]c(cc1n2)c1c2cccc6ccc7cccc(c7c62)c51)C(CCCC)=C4C)c(CC)c3CC. The Kier molecular flexibility index (Phi) is 8.02. The lowest BCUT2D eigenvalue weighted by molar-refractivity contribution is 0.824. The summed E-state index contributed by atoms with van der Waals surface area (Å²) in [5.74, 6) is 0. The molecule has 52 heavy (non-hydrogen) atoms. The molecule has 260 valence electrons. The van der Waals surface area contributed by atoms with E-state index in [1.54, 1.807) is 0 Å². The molecule has 0 amide bonds. The molecule has 4 heteroatoms. The van der Waals surface area contributed by atoms with E-state index in [0.29, 0.717) is 0 Å². The smallest absolute Gasteiger partial charge is 0.0693 e. The maximum Gasteiger partial charge on any atom is 0.0693 e. The molecule has 9 rings (SSSR count).